The van der Waals surface area contributed by atoms with E-state index in [1.165, 1.54) is 0 Å². The number of para-hydroxylation sites is 1. The molecule has 0 radical (unpaired) electrons. The molecule has 0 aliphatic carbocycles. The van der Waals surface area contributed by atoms with Crippen molar-refractivity contribution in [3.63, 3.8) is 0 Å². The van der Waals surface area contributed by atoms with Gasteiger partial charge in [-0.3, -0.25) is 0 Å². The topological polar surface area (TPSA) is 76.8 Å². The maximum atomic E-state index is 5.74. The first-order valence-corrected chi connectivity index (χ1v) is 4.87. The minimum atomic E-state index is 0.613. The van der Waals surface area contributed by atoms with Crippen molar-refractivity contribution in [3.05, 3.63) is 48.5 Å². The Bertz CT molecular complexity index is 503. The molecule has 16 heavy (non-hydrogen) atoms. The highest BCUT2D eigenvalue weighted by Gasteiger charge is 1.94. The lowest BCUT2D eigenvalue weighted by molar-refractivity contribution is 1.23. The Morgan fingerprint density at radius 3 is 2.12 bits per heavy atom. The Hall–Kier alpha value is -2.36. The Morgan fingerprint density at radius 1 is 0.750 bits per heavy atom. The standard InChI is InChI=1S/C12H12N4/c13-9-5-7-10(8-6-9)15-16-12-4-2-1-3-11(12)14/h1-8H,13-14H2. The van der Waals surface area contributed by atoms with Crippen molar-refractivity contribution in [3.8, 4) is 0 Å². The van der Waals surface area contributed by atoms with Gasteiger partial charge in [0.1, 0.15) is 5.69 Å². The molecule has 0 saturated heterocycles. The number of azo groups is 1. The molecule has 0 saturated carbocycles. The monoisotopic (exact) mass is 212 g/mol. The summed E-state index contributed by atoms with van der Waals surface area (Å²) in [5, 5.41) is 8.13. The van der Waals surface area contributed by atoms with Gasteiger partial charge in [0, 0.05) is 5.69 Å². The summed E-state index contributed by atoms with van der Waals surface area (Å²) < 4.78 is 0. The maximum Gasteiger partial charge on any atom is 0.109 e. The third-order valence-corrected chi connectivity index (χ3v) is 2.10. The van der Waals surface area contributed by atoms with Crippen LogP contribution >= 0.6 is 0 Å². The van der Waals surface area contributed by atoms with Crippen LogP contribution in [0, 0.1) is 0 Å². The van der Waals surface area contributed by atoms with Crippen LogP contribution in [0.4, 0.5) is 22.7 Å². The molecule has 4 heteroatoms. The van der Waals surface area contributed by atoms with Gasteiger partial charge < -0.3 is 11.5 Å². The summed E-state index contributed by atoms with van der Waals surface area (Å²) in [5.74, 6) is 0. The highest BCUT2D eigenvalue weighted by atomic mass is 15.1. The molecule has 2 rings (SSSR count). The average molecular weight is 212 g/mol. The van der Waals surface area contributed by atoms with Crippen LogP contribution in [0.15, 0.2) is 58.8 Å². The predicted molar refractivity (Wildman–Crippen MR) is 65.9 cm³/mol. The number of rotatable bonds is 2. The fraction of sp³-hybridized carbons (Fsp3) is 0. The van der Waals surface area contributed by atoms with Gasteiger partial charge in [0.15, 0.2) is 0 Å². The summed E-state index contributed by atoms with van der Waals surface area (Å²) in [6.45, 7) is 0. The maximum absolute atomic E-state index is 5.74. The van der Waals surface area contributed by atoms with Crippen molar-refractivity contribution in [1.82, 2.24) is 0 Å². The molecule has 0 atom stereocenters. The van der Waals surface area contributed by atoms with E-state index in [1.54, 1.807) is 30.3 Å². The van der Waals surface area contributed by atoms with Crippen LogP contribution in [0.1, 0.15) is 0 Å². The first-order chi connectivity index (χ1) is 7.75. The number of nitrogen functional groups attached to an aromatic ring is 2. The SMILES string of the molecule is Nc1ccc(N=Nc2ccccc2N)cc1. The summed E-state index contributed by atoms with van der Waals surface area (Å²) >= 11 is 0. The van der Waals surface area contributed by atoms with E-state index in [-0.39, 0.29) is 0 Å². The van der Waals surface area contributed by atoms with E-state index >= 15 is 0 Å². The Morgan fingerprint density at radius 2 is 1.44 bits per heavy atom. The van der Waals surface area contributed by atoms with Crippen LogP contribution in [0.25, 0.3) is 0 Å². The lowest BCUT2D eigenvalue weighted by Crippen LogP contribution is -1.83. The van der Waals surface area contributed by atoms with Crippen molar-refractivity contribution in [1.29, 1.82) is 0 Å². The van der Waals surface area contributed by atoms with Gasteiger partial charge in [-0.1, -0.05) is 12.1 Å². The van der Waals surface area contributed by atoms with E-state index < -0.39 is 0 Å². The van der Waals surface area contributed by atoms with Crippen LogP contribution in [-0.4, -0.2) is 0 Å². The molecular formula is C12H12N4. The Balaban J connectivity index is 2.21. The molecule has 4 nitrogen and oxygen atoms in total. The quantitative estimate of drug-likeness (QED) is 0.592. The number of hydrogen-bond donors (Lipinski definition) is 2. The minimum Gasteiger partial charge on any atom is -0.399 e. The molecular weight excluding hydrogens is 200 g/mol. The Kier molecular flexibility index (Phi) is 2.82. The zero-order valence-electron chi connectivity index (χ0n) is 8.67. The van der Waals surface area contributed by atoms with Gasteiger partial charge in [0.25, 0.3) is 0 Å². The van der Waals surface area contributed by atoms with Crippen molar-refractivity contribution in [2.24, 2.45) is 10.2 Å². The normalized spacial score (nSPS) is 10.8. The van der Waals surface area contributed by atoms with E-state index in [2.05, 4.69) is 10.2 Å². The number of anilines is 2. The van der Waals surface area contributed by atoms with E-state index in [4.69, 9.17) is 11.5 Å². The smallest absolute Gasteiger partial charge is 0.109 e. The molecule has 4 N–H and O–H groups in total. The van der Waals surface area contributed by atoms with Crippen molar-refractivity contribution < 1.29 is 0 Å². The zero-order valence-corrected chi connectivity index (χ0v) is 8.67. The molecule has 2 aromatic rings. The molecule has 0 heterocycles. The van der Waals surface area contributed by atoms with Gasteiger partial charge in [0.2, 0.25) is 0 Å². The van der Waals surface area contributed by atoms with Gasteiger partial charge in [-0.2, -0.15) is 5.11 Å². The number of hydrogen-bond acceptors (Lipinski definition) is 4. The average Bonchev–Trinajstić information content (AvgIpc) is 2.30. The molecule has 0 spiro atoms. The second-order valence-electron chi connectivity index (χ2n) is 3.35. The van der Waals surface area contributed by atoms with Crippen molar-refractivity contribution in [2.45, 2.75) is 0 Å². The highest BCUT2D eigenvalue weighted by molar-refractivity contribution is 5.61. The Labute approximate surface area is 93.6 Å². The molecule has 80 valence electrons. The fourth-order valence-corrected chi connectivity index (χ4v) is 1.23. The third-order valence-electron chi connectivity index (χ3n) is 2.10. The summed E-state index contributed by atoms with van der Waals surface area (Å²) in [6.07, 6.45) is 0. The second kappa shape index (κ2) is 4.44. The highest BCUT2D eigenvalue weighted by Crippen LogP contribution is 2.23. The molecule has 0 aliphatic rings. The molecule has 0 unspecified atom stereocenters. The van der Waals surface area contributed by atoms with Crippen LogP contribution in [0.2, 0.25) is 0 Å². The largest absolute Gasteiger partial charge is 0.399 e. The van der Waals surface area contributed by atoms with Gasteiger partial charge >= 0.3 is 0 Å². The van der Waals surface area contributed by atoms with Crippen LogP contribution in [0.3, 0.4) is 0 Å². The minimum absolute atomic E-state index is 0.613. The van der Waals surface area contributed by atoms with Crippen LogP contribution < -0.4 is 11.5 Å². The first-order valence-electron chi connectivity index (χ1n) is 4.87. The summed E-state index contributed by atoms with van der Waals surface area (Å²) in [6, 6.07) is 14.5. The van der Waals surface area contributed by atoms with E-state index in [0.717, 1.165) is 5.69 Å². The van der Waals surface area contributed by atoms with Gasteiger partial charge in [-0.25, -0.2) is 0 Å². The zero-order chi connectivity index (χ0) is 11.4. The van der Waals surface area contributed by atoms with Crippen molar-refractivity contribution >= 4 is 22.7 Å². The van der Waals surface area contributed by atoms with E-state index in [0.29, 0.717) is 17.1 Å². The summed E-state index contributed by atoms with van der Waals surface area (Å²) in [5.41, 5.74) is 14.0. The lowest BCUT2D eigenvalue weighted by atomic mass is 10.3. The molecule has 0 fully saturated rings. The fourth-order valence-electron chi connectivity index (χ4n) is 1.23. The van der Waals surface area contributed by atoms with Crippen LogP contribution in [0.5, 0.6) is 0 Å². The molecule has 2 aromatic carbocycles. The number of nitrogens with two attached hydrogens (primary N) is 2. The van der Waals surface area contributed by atoms with E-state index in [1.807, 2.05) is 18.2 Å². The lowest BCUT2D eigenvalue weighted by Gasteiger charge is -1.97. The summed E-state index contributed by atoms with van der Waals surface area (Å²) in [7, 11) is 0. The molecule has 0 bridgehead atoms. The van der Waals surface area contributed by atoms with Gasteiger partial charge in [-0.05, 0) is 36.4 Å². The van der Waals surface area contributed by atoms with Gasteiger partial charge in [0.05, 0.1) is 11.4 Å². The van der Waals surface area contributed by atoms with E-state index in [9.17, 15) is 0 Å². The predicted octanol–water partition coefficient (Wildman–Crippen LogP) is 3.27. The number of benzene rings is 2. The van der Waals surface area contributed by atoms with Crippen LogP contribution in [-0.2, 0) is 0 Å². The van der Waals surface area contributed by atoms with Crippen molar-refractivity contribution in [2.75, 3.05) is 11.5 Å². The van der Waals surface area contributed by atoms with Gasteiger partial charge in [-0.15, -0.1) is 5.11 Å². The summed E-state index contributed by atoms with van der Waals surface area (Å²) in [4.78, 5) is 0. The first kappa shape index (κ1) is 10.2. The molecule has 0 aromatic heterocycles. The third kappa shape index (κ3) is 2.36. The second-order valence-corrected chi connectivity index (χ2v) is 3.35. The molecule has 0 aliphatic heterocycles. The number of nitrogens with zero attached hydrogens (tertiary/aromatic N) is 2. The molecule has 0 amide bonds.